The number of rotatable bonds is 4. The topological polar surface area (TPSA) is 64.4 Å². The number of furan rings is 1. The molecule has 0 saturated carbocycles. The number of carbonyl (C=O) groups is 1. The number of ether oxygens (including phenoxy) is 1. The van der Waals surface area contributed by atoms with E-state index < -0.39 is 0 Å². The molecule has 0 aliphatic heterocycles. The molecule has 112 valence electrons. The quantitative estimate of drug-likeness (QED) is 0.803. The normalized spacial score (nSPS) is 10.6. The van der Waals surface area contributed by atoms with Crippen molar-refractivity contribution in [1.82, 2.24) is 10.3 Å². The van der Waals surface area contributed by atoms with E-state index in [1.807, 2.05) is 31.2 Å². The molecule has 0 bridgehead atoms. The van der Waals surface area contributed by atoms with Gasteiger partial charge in [0.1, 0.15) is 11.3 Å². The van der Waals surface area contributed by atoms with Crippen LogP contribution in [0.3, 0.4) is 0 Å². The van der Waals surface area contributed by atoms with Crippen LogP contribution in [0.1, 0.15) is 21.7 Å². The number of fused-ring (bicyclic) bond motifs is 1. The van der Waals surface area contributed by atoms with Crippen LogP contribution in [0, 0.1) is 6.92 Å². The third-order valence-electron chi connectivity index (χ3n) is 3.53. The first-order chi connectivity index (χ1) is 10.7. The van der Waals surface area contributed by atoms with Gasteiger partial charge in [0.2, 0.25) is 0 Å². The van der Waals surface area contributed by atoms with Gasteiger partial charge < -0.3 is 14.5 Å². The van der Waals surface area contributed by atoms with Crippen LogP contribution in [0.4, 0.5) is 0 Å². The van der Waals surface area contributed by atoms with Crippen molar-refractivity contribution in [2.75, 3.05) is 7.11 Å². The molecule has 1 amide bonds. The Morgan fingerprint density at radius 1 is 1.36 bits per heavy atom. The standard InChI is InChI=1S/C17H16N2O3/c1-11-14-6-5-13(21-2)8-15(14)22-16(11)17(20)19-10-12-4-3-7-18-9-12/h3-9H,10H2,1-2H3,(H,19,20). The molecular formula is C17H16N2O3. The Hall–Kier alpha value is -2.82. The molecule has 1 aromatic carbocycles. The summed E-state index contributed by atoms with van der Waals surface area (Å²) >= 11 is 0. The van der Waals surface area contributed by atoms with Crippen molar-refractivity contribution >= 4 is 16.9 Å². The molecule has 0 unspecified atom stereocenters. The minimum Gasteiger partial charge on any atom is -0.497 e. The van der Waals surface area contributed by atoms with Crippen LogP contribution in [0.5, 0.6) is 5.75 Å². The Morgan fingerprint density at radius 3 is 2.95 bits per heavy atom. The van der Waals surface area contributed by atoms with E-state index >= 15 is 0 Å². The molecule has 0 aliphatic rings. The second-order valence-electron chi connectivity index (χ2n) is 4.96. The third kappa shape index (κ3) is 2.65. The van der Waals surface area contributed by atoms with Gasteiger partial charge in [-0.3, -0.25) is 9.78 Å². The minimum atomic E-state index is -0.239. The van der Waals surface area contributed by atoms with E-state index in [4.69, 9.17) is 9.15 Å². The number of aryl methyl sites for hydroxylation is 1. The molecule has 0 aliphatic carbocycles. The zero-order valence-electron chi connectivity index (χ0n) is 12.4. The highest BCUT2D eigenvalue weighted by molar-refractivity contribution is 5.99. The Kier molecular flexibility index (Phi) is 3.78. The number of benzene rings is 1. The first kappa shape index (κ1) is 14.1. The molecule has 0 saturated heterocycles. The highest BCUT2D eigenvalue weighted by atomic mass is 16.5. The van der Waals surface area contributed by atoms with E-state index in [0.717, 1.165) is 16.5 Å². The second-order valence-corrected chi connectivity index (χ2v) is 4.96. The molecule has 5 heteroatoms. The van der Waals surface area contributed by atoms with Crippen LogP contribution in [0.25, 0.3) is 11.0 Å². The number of amides is 1. The summed E-state index contributed by atoms with van der Waals surface area (Å²) in [7, 11) is 1.60. The number of pyridine rings is 1. The lowest BCUT2D eigenvalue weighted by Gasteiger charge is -2.03. The number of methoxy groups -OCH3 is 1. The van der Waals surface area contributed by atoms with Crippen molar-refractivity contribution in [3.05, 3.63) is 59.6 Å². The average molecular weight is 296 g/mol. The maximum absolute atomic E-state index is 12.3. The van der Waals surface area contributed by atoms with Crippen LogP contribution in [0.2, 0.25) is 0 Å². The fourth-order valence-corrected chi connectivity index (χ4v) is 2.31. The summed E-state index contributed by atoms with van der Waals surface area (Å²) in [4.78, 5) is 16.3. The number of aromatic nitrogens is 1. The second kappa shape index (κ2) is 5.89. The molecule has 3 aromatic rings. The number of nitrogens with zero attached hydrogens (tertiary/aromatic N) is 1. The predicted molar refractivity (Wildman–Crippen MR) is 82.9 cm³/mol. The van der Waals surface area contributed by atoms with Crippen molar-refractivity contribution in [1.29, 1.82) is 0 Å². The first-order valence-corrected chi connectivity index (χ1v) is 6.93. The van der Waals surface area contributed by atoms with Crippen molar-refractivity contribution in [2.24, 2.45) is 0 Å². The smallest absolute Gasteiger partial charge is 0.287 e. The van der Waals surface area contributed by atoms with Crippen molar-refractivity contribution in [2.45, 2.75) is 13.5 Å². The SMILES string of the molecule is COc1ccc2c(C)c(C(=O)NCc3cccnc3)oc2c1. The molecule has 0 atom stereocenters. The lowest BCUT2D eigenvalue weighted by atomic mass is 10.1. The van der Waals surface area contributed by atoms with Crippen molar-refractivity contribution < 1.29 is 13.9 Å². The van der Waals surface area contributed by atoms with Gasteiger partial charge in [0.05, 0.1) is 7.11 Å². The van der Waals surface area contributed by atoms with E-state index in [1.165, 1.54) is 0 Å². The van der Waals surface area contributed by atoms with Gasteiger partial charge in [-0.25, -0.2) is 0 Å². The van der Waals surface area contributed by atoms with Crippen LogP contribution < -0.4 is 10.1 Å². The fourth-order valence-electron chi connectivity index (χ4n) is 2.31. The molecule has 1 N–H and O–H groups in total. The monoisotopic (exact) mass is 296 g/mol. The largest absolute Gasteiger partial charge is 0.497 e. The van der Waals surface area contributed by atoms with E-state index in [-0.39, 0.29) is 5.91 Å². The molecule has 22 heavy (non-hydrogen) atoms. The lowest BCUT2D eigenvalue weighted by Crippen LogP contribution is -2.22. The van der Waals surface area contributed by atoms with Gasteiger partial charge in [0.15, 0.2) is 5.76 Å². The Labute approximate surface area is 127 Å². The molecule has 5 nitrogen and oxygen atoms in total. The molecule has 0 radical (unpaired) electrons. The number of hydrogen-bond acceptors (Lipinski definition) is 4. The van der Waals surface area contributed by atoms with Gasteiger partial charge in [-0.15, -0.1) is 0 Å². The fraction of sp³-hybridized carbons (Fsp3) is 0.176. The van der Waals surface area contributed by atoms with E-state index in [9.17, 15) is 4.79 Å². The summed E-state index contributed by atoms with van der Waals surface area (Å²) in [6.45, 7) is 2.28. The number of hydrogen-bond donors (Lipinski definition) is 1. The van der Waals surface area contributed by atoms with Crippen LogP contribution >= 0.6 is 0 Å². The van der Waals surface area contributed by atoms with Crippen molar-refractivity contribution in [3.8, 4) is 5.75 Å². The summed E-state index contributed by atoms with van der Waals surface area (Å²) in [6.07, 6.45) is 3.42. The Balaban J connectivity index is 1.83. The van der Waals surface area contributed by atoms with Gasteiger partial charge >= 0.3 is 0 Å². The minimum absolute atomic E-state index is 0.239. The Morgan fingerprint density at radius 2 is 2.23 bits per heavy atom. The van der Waals surface area contributed by atoms with Crippen LogP contribution in [-0.4, -0.2) is 18.0 Å². The van der Waals surface area contributed by atoms with E-state index in [2.05, 4.69) is 10.3 Å². The van der Waals surface area contributed by atoms with Crippen molar-refractivity contribution in [3.63, 3.8) is 0 Å². The van der Waals surface area contributed by atoms with Gasteiger partial charge in [0, 0.05) is 36.0 Å². The first-order valence-electron chi connectivity index (χ1n) is 6.93. The number of nitrogens with one attached hydrogen (secondary N) is 1. The maximum Gasteiger partial charge on any atom is 0.287 e. The zero-order chi connectivity index (χ0) is 15.5. The molecule has 3 rings (SSSR count). The summed E-state index contributed by atoms with van der Waals surface area (Å²) in [5.41, 5.74) is 2.40. The zero-order valence-corrected chi connectivity index (χ0v) is 12.4. The summed E-state index contributed by atoms with van der Waals surface area (Å²) in [5, 5.41) is 3.75. The highest BCUT2D eigenvalue weighted by Crippen LogP contribution is 2.28. The summed E-state index contributed by atoms with van der Waals surface area (Å²) in [6, 6.07) is 9.26. The van der Waals surface area contributed by atoms with Crippen LogP contribution in [-0.2, 0) is 6.54 Å². The van der Waals surface area contributed by atoms with Gasteiger partial charge in [0.25, 0.3) is 5.91 Å². The lowest BCUT2D eigenvalue weighted by molar-refractivity contribution is 0.0924. The molecule has 2 heterocycles. The molecular weight excluding hydrogens is 280 g/mol. The van der Waals surface area contributed by atoms with Gasteiger partial charge in [-0.2, -0.15) is 0 Å². The predicted octanol–water partition coefficient (Wildman–Crippen LogP) is 3.07. The maximum atomic E-state index is 12.3. The van der Waals surface area contributed by atoms with E-state index in [0.29, 0.717) is 23.6 Å². The van der Waals surface area contributed by atoms with Gasteiger partial charge in [-0.1, -0.05) is 6.07 Å². The molecule has 0 spiro atoms. The summed E-state index contributed by atoms with van der Waals surface area (Å²) < 4.78 is 10.9. The molecule has 0 fully saturated rings. The van der Waals surface area contributed by atoms with Gasteiger partial charge in [-0.05, 0) is 30.7 Å². The third-order valence-corrected chi connectivity index (χ3v) is 3.53. The van der Waals surface area contributed by atoms with E-state index in [1.54, 1.807) is 25.6 Å². The Bertz CT molecular complexity index is 809. The summed E-state index contributed by atoms with van der Waals surface area (Å²) in [5.74, 6) is 0.784. The highest BCUT2D eigenvalue weighted by Gasteiger charge is 2.17. The average Bonchev–Trinajstić information content (AvgIpc) is 2.90. The van der Waals surface area contributed by atoms with Crippen LogP contribution in [0.15, 0.2) is 47.1 Å². The molecule has 2 aromatic heterocycles. The number of carbonyl (C=O) groups excluding carboxylic acids is 1.